The van der Waals surface area contributed by atoms with Gasteiger partial charge in [-0.05, 0) is 34.1 Å². The van der Waals surface area contributed by atoms with Gasteiger partial charge in [0.05, 0.1) is 4.48 Å². The van der Waals surface area contributed by atoms with E-state index in [9.17, 15) is 9.59 Å². The van der Waals surface area contributed by atoms with Crippen LogP contribution in [0.15, 0.2) is 52.5 Å². The lowest BCUT2D eigenvalue weighted by Crippen LogP contribution is -2.16. The first-order valence-corrected chi connectivity index (χ1v) is 5.80. The molecule has 0 fully saturated rings. The van der Waals surface area contributed by atoms with Crippen LogP contribution < -0.4 is 4.74 Å². The molecule has 0 radical (unpaired) electrons. The third-order valence-electron chi connectivity index (χ3n) is 2.23. The third kappa shape index (κ3) is 2.91. The van der Waals surface area contributed by atoms with Gasteiger partial charge < -0.3 is 4.74 Å². The van der Waals surface area contributed by atoms with Gasteiger partial charge in [0.2, 0.25) is 0 Å². The number of Topliss-reactive ketones (excluding diaryl/α,β-unsaturated/α-hetero) is 1. The molecule has 1 aromatic rings. The van der Waals surface area contributed by atoms with Crippen LogP contribution in [-0.4, -0.2) is 18.2 Å². The second-order valence-corrected chi connectivity index (χ2v) is 4.35. The normalized spacial score (nSPS) is 15.4. The van der Waals surface area contributed by atoms with Crippen molar-refractivity contribution < 1.29 is 14.3 Å². The van der Waals surface area contributed by atoms with Crippen molar-refractivity contribution in [3.8, 4) is 5.75 Å². The standard InChI is InChI=1S/C13H9BrO3/c14-12-7-10(15)6-9(13(12)16)8-17-11-4-2-1-3-5-11/h1-7H,8H2. The highest BCUT2D eigenvalue weighted by molar-refractivity contribution is 9.12. The minimum Gasteiger partial charge on any atom is -0.489 e. The van der Waals surface area contributed by atoms with Gasteiger partial charge in [-0.3, -0.25) is 9.59 Å². The van der Waals surface area contributed by atoms with Crippen molar-refractivity contribution in [3.05, 3.63) is 52.5 Å². The highest BCUT2D eigenvalue weighted by Gasteiger charge is 2.20. The van der Waals surface area contributed by atoms with E-state index in [2.05, 4.69) is 15.9 Å². The van der Waals surface area contributed by atoms with Crippen LogP contribution in [0.2, 0.25) is 0 Å². The van der Waals surface area contributed by atoms with Crippen LogP contribution >= 0.6 is 15.9 Å². The summed E-state index contributed by atoms with van der Waals surface area (Å²) in [6.45, 7) is 0.0948. The number of ether oxygens (including phenoxy) is 1. The molecule has 0 bridgehead atoms. The van der Waals surface area contributed by atoms with Crippen LogP contribution in [-0.2, 0) is 9.59 Å². The van der Waals surface area contributed by atoms with Crippen molar-refractivity contribution in [2.45, 2.75) is 0 Å². The Bertz CT molecular complexity index is 515. The Kier molecular flexibility index (Phi) is 3.54. The summed E-state index contributed by atoms with van der Waals surface area (Å²) in [7, 11) is 0. The van der Waals surface area contributed by atoms with Crippen LogP contribution in [0.25, 0.3) is 0 Å². The molecule has 86 valence electrons. The predicted octanol–water partition coefficient (Wildman–Crippen LogP) is 2.42. The summed E-state index contributed by atoms with van der Waals surface area (Å²) in [5, 5.41) is 0. The van der Waals surface area contributed by atoms with E-state index in [0.29, 0.717) is 11.3 Å². The van der Waals surface area contributed by atoms with E-state index in [1.165, 1.54) is 12.2 Å². The first kappa shape index (κ1) is 11.8. The number of hydrogen-bond acceptors (Lipinski definition) is 3. The maximum Gasteiger partial charge on any atom is 0.199 e. The summed E-state index contributed by atoms with van der Waals surface area (Å²) in [5.41, 5.74) is 0.355. The number of benzene rings is 1. The average molecular weight is 293 g/mol. The van der Waals surface area contributed by atoms with E-state index in [0.717, 1.165) is 0 Å². The first-order chi connectivity index (χ1) is 8.16. The summed E-state index contributed by atoms with van der Waals surface area (Å²) in [5.74, 6) is 0.253. The number of para-hydroxylation sites is 1. The molecule has 0 unspecified atom stereocenters. The second-order valence-electron chi connectivity index (χ2n) is 3.50. The molecule has 4 heteroatoms. The van der Waals surface area contributed by atoms with Crippen molar-refractivity contribution in [1.82, 2.24) is 0 Å². The van der Waals surface area contributed by atoms with Crippen LogP contribution in [0.1, 0.15) is 0 Å². The Morgan fingerprint density at radius 1 is 1.06 bits per heavy atom. The van der Waals surface area contributed by atoms with Crippen LogP contribution in [0.3, 0.4) is 0 Å². The van der Waals surface area contributed by atoms with Gasteiger partial charge in [0.25, 0.3) is 0 Å². The molecule has 1 aromatic carbocycles. The van der Waals surface area contributed by atoms with E-state index in [1.807, 2.05) is 18.2 Å². The average Bonchev–Trinajstić information content (AvgIpc) is 2.33. The van der Waals surface area contributed by atoms with Crippen LogP contribution in [0.5, 0.6) is 5.75 Å². The summed E-state index contributed by atoms with van der Waals surface area (Å²) in [4.78, 5) is 22.9. The fourth-order valence-electron chi connectivity index (χ4n) is 1.41. The summed E-state index contributed by atoms with van der Waals surface area (Å²) in [6.07, 6.45) is 2.56. The maximum atomic E-state index is 11.7. The maximum absolute atomic E-state index is 11.7. The van der Waals surface area contributed by atoms with E-state index in [4.69, 9.17) is 4.74 Å². The number of carbonyl (C=O) groups excluding carboxylic acids is 2. The van der Waals surface area contributed by atoms with Gasteiger partial charge in [-0.15, -0.1) is 0 Å². The highest BCUT2D eigenvalue weighted by Crippen LogP contribution is 2.19. The van der Waals surface area contributed by atoms with Gasteiger partial charge in [-0.2, -0.15) is 0 Å². The molecule has 0 amide bonds. The summed E-state index contributed by atoms with van der Waals surface area (Å²) in [6, 6.07) is 9.14. The highest BCUT2D eigenvalue weighted by atomic mass is 79.9. The smallest absolute Gasteiger partial charge is 0.199 e. The molecule has 0 aromatic heterocycles. The molecule has 0 heterocycles. The molecule has 0 aliphatic heterocycles. The lowest BCUT2D eigenvalue weighted by atomic mass is 10.0. The lowest BCUT2D eigenvalue weighted by molar-refractivity contribution is -0.115. The minimum absolute atomic E-state index is 0.0948. The van der Waals surface area contributed by atoms with E-state index in [1.54, 1.807) is 12.1 Å². The van der Waals surface area contributed by atoms with Crippen LogP contribution in [0.4, 0.5) is 0 Å². The van der Waals surface area contributed by atoms with E-state index in [-0.39, 0.29) is 22.7 Å². The fraction of sp³-hybridized carbons (Fsp3) is 0.0769. The topological polar surface area (TPSA) is 43.4 Å². The van der Waals surface area contributed by atoms with Crippen molar-refractivity contribution in [3.63, 3.8) is 0 Å². The quantitative estimate of drug-likeness (QED) is 0.804. The number of hydrogen-bond donors (Lipinski definition) is 0. The molecule has 0 spiro atoms. The number of halogens is 1. The minimum atomic E-state index is -0.208. The first-order valence-electron chi connectivity index (χ1n) is 5.01. The zero-order chi connectivity index (χ0) is 12.3. The van der Waals surface area contributed by atoms with Gasteiger partial charge in [0.15, 0.2) is 11.6 Å². The van der Waals surface area contributed by atoms with Gasteiger partial charge in [0, 0.05) is 11.6 Å². The van der Waals surface area contributed by atoms with Crippen molar-refractivity contribution in [2.24, 2.45) is 0 Å². The van der Waals surface area contributed by atoms with Gasteiger partial charge >= 0.3 is 0 Å². The van der Waals surface area contributed by atoms with Gasteiger partial charge in [0.1, 0.15) is 12.4 Å². The Morgan fingerprint density at radius 3 is 2.47 bits per heavy atom. The van der Waals surface area contributed by atoms with Gasteiger partial charge in [-0.1, -0.05) is 18.2 Å². The number of allylic oxidation sites excluding steroid dienone is 3. The summed E-state index contributed by atoms with van der Waals surface area (Å²) < 4.78 is 5.70. The molecule has 3 nitrogen and oxygen atoms in total. The number of rotatable bonds is 3. The Hall–Kier alpha value is -1.68. The number of carbonyl (C=O) groups is 2. The molecule has 0 N–H and O–H groups in total. The Morgan fingerprint density at radius 2 is 1.76 bits per heavy atom. The molecule has 2 rings (SSSR count). The third-order valence-corrected chi connectivity index (χ3v) is 2.82. The molecule has 0 saturated carbocycles. The zero-order valence-corrected chi connectivity index (χ0v) is 10.4. The lowest BCUT2D eigenvalue weighted by Gasteiger charge is -2.11. The molecule has 17 heavy (non-hydrogen) atoms. The van der Waals surface area contributed by atoms with E-state index >= 15 is 0 Å². The Labute approximate surface area is 107 Å². The second kappa shape index (κ2) is 5.10. The van der Waals surface area contributed by atoms with Crippen LogP contribution in [0, 0.1) is 0 Å². The van der Waals surface area contributed by atoms with Gasteiger partial charge in [-0.25, -0.2) is 0 Å². The largest absolute Gasteiger partial charge is 0.489 e. The van der Waals surface area contributed by atoms with E-state index < -0.39 is 0 Å². The van der Waals surface area contributed by atoms with Crippen molar-refractivity contribution in [2.75, 3.05) is 6.61 Å². The zero-order valence-electron chi connectivity index (χ0n) is 8.85. The Balaban J connectivity index is 2.05. The molecule has 1 aliphatic rings. The molecular weight excluding hydrogens is 284 g/mol. The molecule has 0 saturated heterocycles. The monoisotopic (exact) mass is 292 g/mol. The SMILES string of the molecule is O=C1C=C(Br)C(=O)C(COc2ccccc2)=C1. The molecular formula is C13H9BrO3. The fourth-order valence-corrected chi connectivity index (χ4v) is 1.89. The predicted molar refractivity (Wildman–Crippen MR) is 67.0 cm³/mol. The molecule has 0 atom stereocenters. The summed E-state index contributed by atoms with van der Waals surface area (Å²) >= 11 is 3.06. The molecule has 1 aliphatic carbocycles. The van der Waals surface area contributed by atoms with Crippen molar-refractivity contribution >= 4 is 27.5 Å². The number of ketones is 2. The van der Waals surface area contributed by atoms with Crippen molar-refractivity contribution in [1.29, 1.82) is 0 Å².